The number of hydrogen-bond acceptors (Lipinski definition) is 5. The minimum absolute atomic E-state index is 0.149. The van der Waals surface area contributed by atoms with E-state index in [9.17, 15) is 4.79 Å². The smallest absolute Gasteiger partial charge is 0.250 e. The van der Waals surface area contributed by atoms with Gasteiger partial charge in [0.05, 0.1) is 17.5 Å². The van der Waals surface area contributed by atoms with Crippen LogP contribution in [0.15, 0.2) is 63.0 Å². The Morgan fingerprint density at radius 3 is 2.68 bits per heavy atom. The number of carbonyl (C=O) groups is 1. The summed E-state index contributed by atoms with van der Waals surface area (Å²) in [4.78, 5) is 19.8. The second kappa shape index (κ2) is 9.21. The van der Waals surface area contributed by atoms with Crippen molar-refractivity contribution in [2.45, 2.75) is 11.8 Å². The number of fused-ring (bicyclic) bond motifs is 1. The van der Waals surface area contributed by atoms with Gasteiger partial charge in [0.25, 0.3) is 0 Å². The van der Waals surface area contributed by atoms with E-state index in [1.54, 1.807) is 6.21 Å². The summed E-state index contributed by atoms with van der Waals surface area (Å²) in [6.45, 7) is 1.96. The molecule has 0 aliphatic heterocycles. The first-order chi connectivity index (χ1) is 13.4. The zero-order valence-corrected chi connectivity index (χ0v) is 18.3. The number of hydrogen-bond donors (Lipinski definition) is 1. The van der Waals surface area contributed by atoms with Crippen LogP contribution in [0.3, 0.4) is 0 Å². The number of nitrogens with one attached hydrogen (secondary N) is 1. The molecule has 0 aliphatic rings. The van der Waals surface area contributed by atoms with E-state index in [0.717, 1.165) is 37.2 Å². The van der Waals surface area contributed by atoms with Gasteiger partial charge in [-0.15, -0.1) is 11.8 Å². The quantitative estimate of drug-likeness (QED) is 0.334. The van der Waals surface area contributed by atoms with Crippen molar-refractivity contribution in [1.29, 1.82) is 0 Å². The van der Waals surface area contributed by atoms with Crippen LogP contribution in [-0.2, 0) is 4.79 Å². The van der Waals surface area contributed by atoms with Gasteiger partial charge in [-0.3, -0.25) is 9.78 Å². The Hall–Kier alpha value is -2.38. The summed E-state index contributed by atoms with van der Waals surface area (Å²) in [5.74, 6) is 0.130. The number of benzene rings is 2. The molecule has 1 aromatic heterocycles. The molecule has 2 aromatic carbocycles. The third-order valence-electron chi connectivity index (χ3n) is 4.03. The van der Waals surface area contributed by atoms with E-state index in [0.29, 0.717) is 0 Å². The molecule has 28 heavy (non-hydrogen) atoms. The van der Waals surface area contributed by atoms with Crippen LogP contribution < -0.4 is 10.3 Å². The highest BCUT2D eigenvalue weighted by molar-refractivity contribution is 9.10. The average molecular weight is 457 g/mol. The first-order valence-electron chi connectivity index (χ1n) is 8.71. The van der Waals surface area contributed by atoms with Crippen molar-refractivity contribution < 1.29 is 4.79 Å². The molecule has 0 aliphatic carbocycles. The lowest BCUT2D eigenvalue weighted by atomic mass is 10.2. The van der Waals surface area contributed by atoms with Gasteiger partial charge in [-0.2, -0.15) is 5.10 Å². The first-order valence-corrected chi connectivity index (χ1v) is 10.5. The van der Waals surface area contributed by atoms with Crippen LogP contribution in [-0.4, -0.2) is 37.0 Å². The fraction of sp³-hybridized carbons (Fsp3) is 0.190. The number of aryl methyl sites for hydroxylation is 1. The van der Waals surface area contributed by atoms with Crippen LogP contribution in [0.25, 0.3) is 10.9 Å². The molecule has 5 nitrogen and oxygen atoms in total. The van der Waals surface area contributed by atoms with Gasteiger partial charge in [0.15, 0.2) is 0 Å². The predicted molar refractivity (Wildman–Crippen MR) is 121 cm³/mol. The monoisotopic (exact) mass is 456 g/mol. The highest BCUT2D eigenvalue weighted by Gasteiger charge is 2.08. The van der Waals surface area contributed by atoms with Crippen molar-refractivity contribution in [2.24, 2.45) is 5.10 Å². The number of aromatic nitrogens is 1. The Labute approximate surface area is 177 Å². The number of pyridine rings is 1. The van der Waals surface area contributed by atoms with Crippen molar-refractivity contribution in [3.8, 4) is 0 Å². The van der Waals surface area contributed by atoms with Crippen molar-refractivity contribution >= 4 is 56.4 Å². The lowest BCUT2D eigenvalue weighted by Gasteiger charge is -2.11. The third-order valence-corrected chi connectivity index (χ3v) is 5.58. The summed E-state index contributed by atoms with van der Waals surface area (Å²) in [7, 11) is 3.99. The maximum absolute atomic E-state index is 12.2. The Morgan fingerprint density at radius 1 is 1.21 bits per heavy atom. The molecule has 0 spiro atoms. The van der Waals surface area contributed by atoms with Gasteiger partial charge in [0, 0.05) is 40.2 Å². The van der Waals surface area contributed by atoms with E-state index in [4.69, 9.17) is 0 Å². The largest absolute Gasteiger partial charge is 0.378 e. The first kappa shape index (κ1) is 20.4. The molecule has 0 fully saturated rings. The third kappa shape index (κ3) is 5.33. The summed E-state index contributed by atoms with van der Waals surface area (Å²) in [5.41, 5.74) is 6.48. The number of rotatable bonds is 6. The van der Waals surface area contributed by atoms with Crippen LogP contribution in [0.1, 0.15) is 11.3 Å². The molecular formula is C21H21BrN4OS. The SMILES string of the molecule is Cc1cc(SCC(=O)NN=Cc2ccc(N(C)C)cc2)c2cc(Br)ccc2n1. The molecule has 0 bridgehead atoms. The highest BCUT2D eigenvalue weighted by Crippen LogP contribution is 2.29. The van der Waals surface area contributed by atoms with Crippen molar-refractivity contribution in [3.05, 3.63) is 64.3 Å². The molecule has 3 aromatic rings. The molecule has 144 valence electrons. The molecule has 7 heteroatoms. The topological polar surface area (TPSA) is 57.6 Å². The van der Waals surface area contributed by atoms with Crippen LogP contribution in [0.4, 0.5) is 5.69 Å². The van der Waals surface area contributed by atoms with Gasteiger partial charge < -0.3 is 4.90 Å². The Morgan fingerprint density at radius 2 is 1.96 bits per heavy atom. The molecule has 0 radical (unpaired) electrons. The zero-order chi connectivity index (χ0) is 20.1. The molecular weight excluding hydrogens is 436 g/mol. The Kier molecular flexibility index (Phi) is 6.70. The van der Waals surface area contributed by atoms with Crippen LogP contribution in [0.5, 0.6) is 0 Å². The van der Waals surface area contributed by atoms with Gasteiger partial charge in [-0.05, 0) is 48.9 Å². The maximum atomic E-state index is 12.2. The van der Waals surface area contributed by atoms with Crippen LogP contribution >= 0.6 is 27.7 Å². The summed E-state index contributed by atoms with van der Waals surface area (Å²) < 4.78 is 0.988. The molecule has 0 saturated heterocycles. The van der Waals surface area contributed by atoms with Crippen molar-refractivity contribution in [1.82, 2.24) is 10.4 Å². The molecule has 0 saturated carbocycles. The van der Waals surface area contributed by atoms with Gasteiger partial charge in [0.2, 0.25) is 5.91 Å². The lowest BCUT2D eigenvalue weighted by molar-refractivity contribution is -0.118. The fourth-order valence-electron chi connectivity index (χ4n) is 2.63. The standard InChI is InChI=1S/C21H21BrN4OS/c1-14-10-20(18-11-16(22)6-9-19(18)24-14)28-13-21(27)25-23-12-15-4-7-17(8-5-15)26(2)3/h4-12H,13H2,1-3H3,(H,25,27). The molecule has 1 heterocycles. The van der Waals surface area contributed by atoms with E-state index in [1.807, 2.05) is 74.4 Å². The normalized spacial score (nSPS) is 11.1. The van der Waals surface area contributed by atoms with Gasteiger partial charge in [-0.1, -0.05) is 28.1 Å². The summed E-state index contributed by atoms with van der Waals surface area (Å²) in [6, 6.07) is 15.9. The number of halogens is 1. The molecule has 1 N–H and O–H groups in total. The van der Waals surface area contributed by atoms with E-state index in [2.05, 4.69) is 31.4 Å². The molecule has 0 unspecified atom stereocenters. The number of hydrazone groups is 1. The minimum Gasteiger partial charge on any atom is -0.378 e. The molecule has 1 amide bonds. The van der Waals surface area contributed by atoms with E-state index in [1.165, 1.54) is 11.8 Å². The number of amides is 1. The number of thioether (sulfide) groups is 1. The Bertz CT molecular complexity index is 1020. The predicted octanol–water partition coefficient (Wildman–Crippen LogP) is 4.61. The number of carbonyl (C=O) groups excluding carboxylic acids is 1. The highest BCUT2D eigenvalue weighted by atomic mass is 79.9. The minimum atomic E-state index is -0.149. The second-order valence-corrected chi connectivity index (χ2v) is 8.42. The molecule has 3 rings (SSSR count). The van der Waals surface area contributed by atoms with Gasteiger partial charge in [0.1, 0.15) is 0 Å². The Balaban J connectivity index is 1.60. The van der Waals surface area contributed by atoms with Gasteiger partial charge >= 0.3 is 0 Å². The van der Waals surface area contributed by atoms with E-state index in [-0.39, 0.29) is 11.7 Å². The maximum Gasteiger partial charge on any atom is 0.250 e. The number of nitrogens with zero attached hydrogens (tertiary/aromatic N) is 3. The molecule has 0 atom stereocenters. The van der Waals surface area contributed by atoms with Gasteiger partial charge in [-0.25, -0.2) is 5.43 Å². The van der Waals surface area contributed by atoms with Crippen molar-refractivity contribution in [3.63, 3.8) is 0 Å². The van der Waals surface area contributed by atoms with E-state index < -0.39 is 0 Å². The summed E-state index contributed by atoms with van der Waals surface area (Å²) in [6.07, 6.45) is 1.64. The number of anilines is 1. The summed E-state index contributed by atoms with van der Waals surface area (Å²) in [5, 5.41) is 5.08. The zero-order valence-electron chi connectivity index (χ0n) is 15.9. The van der Waals surface area contributed by atoms with Crippen LogP contribution in [0, 0.1) is 6.92 Å². The van der Waals surface area contributed by atoms with Crippen molar-refractivity contribution in [2.75, 3.05) is 24.7 Å². The van der Waals surface area contributed by atoms with E-state index >= 15 is 0 Å². The summed E-state index contributed by atoms with van der Waals surface area (Å²) >= 11 is 4.98. The lowest BCUT2D eigenvalue weighted by Crippen LogP contribution is -2.19. The average Bonchev–Trinajstić information content (AvgIpc) is 2.67. The van der Waals surface area contributed by atoms with Crippen LogP contribution in [0.2, 0.25) is 0 Å². The second-order valence-electron chi connectivity index (χ2n) is 6.49. The fourth-order valence-corrected chi connectivity index (χ4v) is 3.91.